The minimum absolute atomic E-state index is 0.480. The monoisotopic (exact) mass is 442 g/mol. The van der Waals surface area contributed by atoms with Gasteiger partial charge in [0.15, 0.2) is 0 Å². The molecule has 0 aliphatic carbocycles. The van der Waals surface area contributed by atoms with Crippen LogP contribution in [0.25, 0.3) is 20.2 Å². The predicted molar refractivity (Wildman–Crippen MR) is 144 cm³/mol. The number of thiophene rings is 1. The summed E-state index contributed by atoms with van der Waals surface area (Å²) in [5, 5.41) is 2.72. The molecule has 0 bridgehead atoms. The van der Waals surface area contributed by atoms with E-state index in [1.807, 2.05) is 11.3 Å². The lowest BCUT2D eigenvalue weighted by Gasteiger charge is -2.25. The van der Waals surface area contributed by atoms with E-state index in [0.29, 0.717) is 5.92 Å². The zero-order chi connectivity index (χ0) is 22.5. The van der Waals surface area contributed by atoms with Crippen LogP contribution in [-0.2, 0) is 0 Å². The molecule has 0 radical (unpaired) electrons. The molecular formula is C29H34N2S. The highest BCUT2D eigenvalue weighted by molar-refractivity contribution is 7.26. The molecule has 0 fully saturated rings. The fourth-order valence-corrected chi connectivity index (χ4v) is 5.53. The number of rotatable bonds is 5. The number of hydrogen-bond donors (Lipinski definition) is 0. The van der Waals surface area contributed by atoms with E-state index in [9.17, 15) is 0 Å². The summed E-state index contributed by atoms with van der Waals surface area (Å²) in [5.41, 5.74) is 4.00. The molecule has 32 heavy (non-hydrogen) atoms. The lowest BCUT2D eigenvalue weighted by atomic mass is 9.98. The Kier molecular flexibility index (Phi) is 7.16. The highest BCUT2D eigenvalue weighted by Gasteiger charge is 2.23. The molecular weight excluding hydrogens is 408 g/mol. The number of hydrogen-bond acceptors (Lipinski definition) is 3. The average molecular weight is 443 g/mol. The first-order chi connectivity index (χ1) is 15.6. The van der Waals surface area contributed by atoms with Crippen LogP contribution in [0.2, 0.25) is 0 Å². The van der Waals surface area contributed by atoms with Gasteiger partial charge in [0.2, 0.25) is 0 Å². The normalized spacial score (nSPS) is 13.3. The summed E-state index contributed by atoms with van der Waals surface area (Å²) in [6, 6.07) is 24.0. The van der Waals surface area contributed by atoms with E-state index in [1.165, 1.54) is 56.4 Å². The van der Waals surface area contributed by atoms with Crippen LogP contribution >= 0.6 is 11.3 Å². The van der Waals surface area contributed by atoms with Gasteiger partial charge < -0.3 is 9.80 Å². The molecule has 1 aliphatic rings. The molecule has 1 aromatic heterocycles. The third kappa shape index (κ3) is 4.54. The summed E-state index contributed by atoms with van der Waals surface area (Å²) in [6.07, 6.45) is 8.48. The highest BCUT2D eigenvalue weighted by Crippen LogP contribution is 2.44. The smallest absolute Gasteiger partial charge is 0.0990 e. The standard InChI is InChI=1S/C24H22N2S.C5H12/c1-17(2)19-12-13-21-20-10-6-7-11-22(20)27-24(21)23(19)26-15-14-25(16-26)18-8-4-3-5-9-18;1-3-5-4-2/h3-15,17H,16H2,1-2H3;3-5H2,1-2H3. The first kappa shape index (κ1) is 22.4. The fraction of sp³-hybridized carbons (Fsp3) is 0.310. The second-order valence-corrected chi connectivity index (χ2v) is 9.75. The van der Waals surface area contributed by atoms with E-state index in [2.05, 4.69) is 117 Å². The van der Waals surface area contributed by atoms with Crippen molar-refractivity contribution < 1.29 is 0 Å². The minimum Gasteiger partial charge on any atom is -0.328 e. The summed E-state index contributed by atoms with van der Waals surface area (Å²) >= 11 is 1.91. The summed E-state index contributed by atoms with van der Waals surface area (Å²) in [5.74, 6) is 0.480. The van der Waals surface area contributed by atoms with Crippen molar-refractivity contribution in [2.75, 3.05) is 16.5 Å². The number of benzene rings is 3. The Morgan fingerprint density at radius 3 is 2.16 bits per heavy atom. The molecule has 0 saturated heterocycles. The number of para-hydroxylation sites is 1. The van der Waals surface area contributed by atoms with Crippen molar-refractivity contribution in [3.8, 4) is 0 Å². The molecule has 1 aliphatic heterocycles. The summed E-state index contributed by atoms with van der Waals surface area (Å²) in [7, 11) is 0. The van der Waals surface area contributed by atoms with Gasteiger partial charge in [0.1, 0.15) is 0 Å². The second kappa shape index (κ2) is 10.2. The van der Waals surface area contributed by atoms with Gasteiger partial charge in [-0.1, -0.05) is 95.5 Å². The molecule has 2 heterocycles. The Hall–Kier alpha value is -2.78. The Labute approximate surface area is 196 Å². The van der Waals surface area contributed by atoms with Gasteiger partial charge in [-0.15, -0.1) is 11.3 Å². The summed E-state index contributed by atoms with van der Waals surface area (Å²) in [6.45, 7) is 9.84. The molecule has 3 heteroatoms. The van der Waals surface area contributed by atoms with E-state index in [4.69, 9.17) is 0 Å². The van der Waals surface area contributed by atoms with Crippen LogP contribution in [0.5, 0.6) is 0 Å². The fourth-order valence-electron chi connectivity index (χ4n) is 4.26. The van der Waals surface area contributed by atoms with Crippen LogP contribution in [-0.4, -0.2) is 6.67 Å². The van der Waals surface area contributed by atoms with Crippen LogP contribution in [0.1, 0.15) is 58.4 Å². The zero-order valence-corrected chi connectivity index (χ0v) is 20.5. The maximum atomic E-state index is 2.40. The summed E-state index contributed by atoms with van der Waals surface area (Å²) < 4.78 is 2.75. The van der Waals surface area contributed by atoms with E-state index in [-0.39, 0.29) is 0 Å². The molecule has 0 saturated carbocycles. The van der Waals surface area contributed by atoms with Crippen LogP contribution in [0.15, 0.2) is 79.1 Å². The van der Waals surface area contributed by atoms with Gasteiger partial charge in [-0.3, -0.25) is 0 Å². The van der Waals surface area contributed by atoms with Gasteiger partial charge in [0.05, 0.1) is 17.1 Å². The van der Waals surface area contributed by atoms with E-state index >= 15 is 0 Å². The van der Waals surface area contributed by atoms with Gasteiger partial charge in [0, 0.05) is 33.6 Å². The van der Waals surface area contributed by atoms with Gasteiger partial charge >= 0.3 is 0 Å². The van der Waals surface area contributed by atoms with Crippen LogP contribution in [0.3, 0.4) is 0 Å². The van der Waals surface area contributed by atoms with Crippen molar-refractivity contribution >= 4 is 42.9 Å². The molecule has 2 nitrogen and oxygen atoms in total. The SMILES string of the molecule is CC(C)c1ccc2c(sc3ccccc32)c1N1C=CN(c2ccccc2)C1.CCCCC. The topological polar surface area (TPSA) is 6.48 Å². The van der Waals surface area contributed by atoms with Crippen LogP contribution in [0, 0.1) is 0 Å². The average Bonchev–Trinajstić information content (AvgIpc) is 3.45. The van der Waals surface area contributed by atoms with Gasteiger partial charge in [0.25, 0.3) is 0 Å². The minimum atomic E-state index is 0.480. The molecule has 0 atom stereocenters. The van der Waals surface area contributed by atoms with Crippen molar-refractivity contribution in [3.63, 3.8) is 0 Å². The molecule has 5 rings (SSSR count). The van der Waals surface area contributed by atoms with Gasteiger partial charge in [-0.25, -0.2) is 0 Å². The largest absolute Gasteiger partial charge is 0.328 e. The third-order valence-corrected chi connectivity index (χ3v) is 7.18. The Bertz CT molecular complexity index is 1190. The van der Waals surface area contributed by atoms with Gasteiger partial charge in [-0.05, 0) is 29.7 Å². The molecule has 3 aromatic carbocycles. The van der Waals surface area contributed by atoms with Gasteiger partial charge in [-0.2, -0.15) is 0 Å². The maximum absolute atomic E-state index is 2.40. The molecule has 0 amide bonds. The van der Waals surface area contributed by atoms with Crippen molar-refractivity contribution in [1.29, 1.82) is 0 Å². The second-order valence-electron chi connectivity index (χ2n) is 8.70. The lowest BCUT2D eigenvalue weighted by Crippen LogP contribution is -2.25. The Morgan fingerprint density at radius 2 is 1.47 bits per heavy atom. The zero-order valence-electron chi connectivity index (χ0n) is 19.7. The maximum Gasteiger partial charge on any atom is 0.0990 e. The van der Waals surface area contributed by atoms with Crippen molar-refractivity contribution in [2.24, 2.45) is 0 Å². The van der Waals surface area contributed by atoms with E-state index in [1.54, 1.807) is 0 Å². The first-order valence-electron chi connectivity index (χ1n) is 11.8. The Balaban J connectivity index is 0.000000444. The van der Waals surface area contributed by atoms with E-state index in [0.717, 1.165) is 6.67 Å². The first-order valence-corrected chi connectivity index (χ1v) is 12.7. The number of anilines is 2. The van der Waals surface area contributed by atoms with Crippen LogP contribution < -0.4 is 9.80 Å². The van der Waals surface area contributed by atoms with Crippen molar-refractivity contribution in [2.45, 2.75) is 52.9 Å². The molecule has 166 valence electrons. The molecule has 0 spiro atoms. The number of nitrogens with zero attached hydrogens (tertiary/aromatic N) is 2. The molecule has 0 unspecified atom stereocenters. The Morgan fingerprint density at radius 1 is 0.781 bits per heavy atom. The van der Waals surface area contributed by atoms with Crippen LogP contribution in [0.4, 0.5) is 11.4 Å². The highest BCUT2D eigenvalue weighted by atomic mass is 32.1. The number of fused-ring (bicyclic) bond motifs is 3. The van der Waals surface area contributed by atoms with E-state index < -0.39 is 0 Å². The van der Waals surface area contributed by atoms with Crippen molar-refractivity contribution in [1.82, 2.24) is 0 Å². The third-order valence-electron chi connectivity index (χ3n) is 5.99. The summed E-state index contributed by atoms with van der Waals surface area (Å²) in [4.78, 5) is 4.70. The molecule has 0 N–H and O–H groups in total. The van der Waals surface area contributed by atoms with Crippen molar-refractivity contribution in [3.05, 3.63) is 84.7 Å². The predicted octanol–water partition coefficient (Wildman–Crippen LogP) is 9.13. The lowest BCUT2D eigenvalue weighted by molar-refractivity contribution is 0.772. The number of unbranched alkanes of at least 4 members (excludes halogenated alkanes) is 2. The molecule has 4 aromatic rings. The quantitative estimate of drug-likeness (QED) is 0.304.